The third-order valence-electron chi connectivity index (χ3n) is 3.96. The molecule has 100 valence electrons. The van der Waals surface area contributed by atoms with Crippen LogP contribution in [0.1, 0.15) is 45.1 Å². The van der Waals surface area contributed by atoms with Gasteiger partial charge in [0.15, 0.2) is 0 Å². The molecule has 1 aliphatic rings. The molecule has 2 nitrogen and oxygen atoms in total. The monoisotopic (exact) mass is 246 g/mol. The van der Waals surface area contributed by atoms with Crippen molar-refractivity contribution < 1.29 is 0 Å². The Hall–Kier alpha value is -1.02. The molecule has 2 atom stereocenters. The summed E-state index contributed by atoms with van der Waals surface area (Å²) in [4.78, 5) is 2.58. The third-order valence-corrected chi connectivity index (χ3v) is 3.96. The lowest BCUT2D eigenvalue weighted by atomic mass is 9.98. The van der Waals surface area contributed by atoms with E-state index >= 15 is 0 Å². The summed E-state index contributed by atoms with van der Waals surface area (Å²) in [7, 11) is 0. The second-order valence-corrected chi connectivity index (χ2v) is 5.96. The standard InChI is InChI=1S/C16H26N2/c1-12(2)10-13(3)18-11-14(8-9-17)15-6-4-5-7-16(15)18/h4-7,12-14H,8-11,17H2,1-3H3. The first-order valence-corrected chi connectivity index (χ1v) is 7.19. The minimum Gasteiger partial charge on any atom is -0.368 e. The molecule has 0 amide bonds. The lowest BCUT2D eigenvalue weighted by Gasteiger charge is -2.29. The first-order chi connectivity index (χ1) is 8.63. The Bertz CT molecular complexity index is 386. The predicted octanol–water partition coefficient (Wildman–Crippen LogP) is 3.37. The second kappa shape index (κ2) is 5.75. The van der Waals surface area contributed by atoms with Crippen molar-refractivity contribution in [1.82, 2.24) is 0 Å². The van der Waals surface area contributed by atoms with Crippen LogP contribution in [0.5, 0.6) is 0 Å². The van der Waals surface area contributed by atoms with Crippen LogP contribution < -0.4 is 10.6 Å². The number of para-hydroxylation sites is 1. The van der Waals surface area contributed by atoms with Gasteiger partial charge in [0, 0.05) is 24.2 Å². The van der Waals surface area contributed by atoms with Gasteiger partial charge in [-0.3, -0.25) is 0 Å². The third kappa shape index (κ3) is 2.69. The Morgan fingerprint density at radius 3 is 2.67 bits per heavy atom. The van der Waals surface area contributed by atoms with E-state index in [0.717, 1.165) is 25.4 Å². The van der Waals surface area contributed by atoms with Gasteiger partial charge < -0.3 is 10.6 Å². The van der Waals surface area contributed by atoms with Gasteiger partial charge in [-0.25, -0.2) is 0 Å². The average molecular weight is 246 g/mol. The number of rotatable bonds is 5. The van der Waals surface area contributed by atoms with Crippen LogP contribution in [-0.4, -0.2) is 19.1 Å². The van der Waals surface area contributed by atoms with Crippen molar-refractivity contribution in [3.8, 4) is 0 Å². The average Bonchev–Trinajstić information content (AvgIpc) is 2.68. The van der Waals surface area contributed by atoms with Gasteiger partial charge in [0.2, 0.25) is 0 Å². The van der Waals surface area contributed by atoms with Crippen molar-refractivity contribution in [1.29, 1.82) is 0 Å². The van der Waals surface area contributed by atoms with Gasteiger partial charge in [0.1, 0.15) is 0 Å². The summed E-state index contributed by atoms with van der Waals surface area (Å²) in [5.41, 5.74) is 8.68. The molecule has 0 spiro atoms. The van der Waals surface area contributed by atoms with Crippen molar-refractivity contribution in [3.63, 3.8) is 0 Å². The van der Waals surface area contributed by atoms with E-state index in [1.807, 2.05) is 0 Å². The molecule has 1 aliphatic heterocycles. The highest BCUT2D eigenvalue weighted by Gasteiger charge is 2.30. The van der Waals surface area contributed by atoms with Crippen LogP contribution >= 0.6 is 0 Å². The number of anilines is 1. The fourth-order valence-corrected chi connectivity index (χ4v) is 3.20. The minimum atomic E-state index is 0.619. The smallest absolute Gasteiger partial charge is 0.0404 e. The highest BCUT2D eigenvalue weighted by atomic mass is 15.2. The quantitative estimate of drug-likeness (QED) is 0.863. The van der Waals surface area contributed by atoms with E-state index in [1.165, 1.54) is 17.7 Å². The van der Waals surface area contributed by atoms with Crippen molar-refractivity contribution in [2.75, 3.05) is 18.0 Å². The molecule has 2 unspecified atom stereocenters. The van der Waals surface area contributed by atoms with Gasteiger partial charge in [-0.05, 0) is 43.9 Å². The molecule has 0 saturated carbocycles. The Balaban J connectivity index is 2.19. The fourth-order valence-electron chi connectivity index (χ4n) is 3.20. The summed E-state index contributed by atoms with van der Waals surface area (Å²) >= 11 is 0. The molecule has 1 aromatic rings. The highest BCUT2D eigenvalue weighted by Crippen LogP contribution is 2.39. The molecule has 0 fully saturated rings. The molecule has 18 heavy (non-hydrogen) atoms. The van der Waals surface area contributed by atoms with Crippen molar-refractivity contribution >= 4 is 5.69 Å². The van der Waals surface area contributed by atoms with Crippen molar-refractivity contribution in [2.24, 2.45) is 11.7 Å². The van der Waals surface area contributed by atoms with Gasteiger partial charge in [-0.1, -0.05) is 32.0 Å². The van der Waals surface area contributed by atoms with Crippen LogP contribution in [0.2, 0.25) is 0 Å². The molecule has 1 heterocycles. The Kier molecular flexibility index (Phi) is 4.28. The maximum atomic E-state index is 5.75. The molecular formula is C16H26N2. The maximum Gasteiger partial charge on any atom is 0.0404 e. The first-order valence-electron chi connectivity index (χ1n) is 7.19. The summed E-state index contributed by atoms with van der Waals surface area (Å²) < 4.78 is 0. The summed E-state index contributed by atoms with van der Waals surface area (Å²) in [5.74, 6) is 1.38. The topological polar surface area (TPSA) is 29.3 Å². The molecule has 0 bridgehead atoms. The van der Waals surface area contributed by atoms with Crippen LogP contribution in [0.4, 0.5) is 5.69 Å². The van der Waals surface area contributed by atoms with E-state index in [1.54, 1.807) is 0 Å². The van der Waals surface area contributed by atoms with Gasteiger partial charge in [0.25, 0.3) is 0 Å². The van der Waals surface area contributed by atoms with E-state index in [9.17, 15) is 0 Å². The number of fused-ring (bicyclic) bond motifs is 1. The van der Waals surface area contributed by atoms with Gasteiger partial charge in [-0.15, -0.1) is 0 Å². The Labute approximate surface area is 111 Å². The van der Waals surface area contributed by atoms with E-state index in [4.69, 9.17) is 5.73 Å². The molecule has 0 aliphatic carbocycles. The van der Waals surface area contributed by atoms with Crippen molar-refractivity contribution in [3.05, 3.63) is 29.8 Å². The molecule has 0 radical (unpaired) electrons. The van der Waals surface area contributed by atoms with Crippen molar-refractivity contribution in [2.45, 2.75) is 45.6 Å². The van der Waals surface area contributed by atoms with E-state index < -0.39 is 0 Å². The number of benzene rings is 1. The van der Waals surface area contributed by atoms with E-state index in [0.29, 0.717) is 12.0 Å². The maximum absolute atomic E-state index is 5.75. The zero-order chi connectivity index (χ0) is 13.1. The van der Waals surface area contributed by atoms with Crippen LogP contribution in [0.25, 0.3) is 0 Å². The summed E-state index contributed by atoms with van der Waals surface area (Å²) in [5, 5.41) is 0. The van der Waals surface area contributed by atoms with Gasteiger partial charge in [-0.2, -0.15) is 0 Å². The molecule has 0 saturated heterocycles. The predicted molar refractivity (Wildman–Crippen MR) is 79.1 cm³/mol. The molecule has 2 N–H and O–H groups in total. The number of nitrogens with zero attached hydrogens (tertiary/aromatic N) is 1. The summed E-state index contributed by atoms with van der Waals surface area (Å²) in [6.07, 6.45) is 2.35. The summed E-state index contributed by atoms with van der Waals surface area (Å²) in [6, 6.07) is 9.46. The number of hydrogen-bond donors (Lipinski definition) is 1. The lowest BCUT2D eigenvalue weighted by molar-refractivity contribution is 0.484. The number of hydrogen-bond acceptors (Lipinski definition) is 2. The van der Waals surface area contributed by atoms with E-state index in [2.05, 4.69) is 49.9 Å². The SMILES string of the molecule is CC(C)CC(C)N1CC(CCN)c2ccccc21. The first kappa shape index (κ1) is 13.4. The minimum absolute atomic E-state index is 0.619. The van der Waals surface area contributed by atoms with Crippen LogP contribution in [0, 0.1) is 5.92 Å². The zero-order valence-corrected chi connectivity index (χ0v) is 11.9. The second-order valence-electron chi connectivity index (χ2n) is 5.96. The van der Waals surface area contributed by atoms with Crippen LogP contribution in [0.3, 0.4) is 0 Å². The fraction of sp³-hybridized carbons (Fsp3) is 0.625. The number of nitrogens with two attached hydrogens (primary N) is 1. The Morgan fingerprint density at radius 2 is 2.00 bits per heavy atom. The van der Waals surface area contributed by atoms with Gasteiger partial charge in [0.05, 0.1) is 0 Å². The van der Waals surface area contributed by atoms with E-state index in [-0.39, 0.29) is 0 Å². The molecule has 2 heteroatoms. The highest BCUT2D eigenvalue weighted by molar-refractivity contribution is 5.60. The molecule has 1 aromatic carbocycles. The summed E-state index contributed by atoms with van der Waals surface area (Å²) in [6.45, 7) is 8.88. The largest absolute Gasteiger partial charge is 0.368 e. The molecule has 0 aromatic heterocycles. The molecular weight excluding hydrogens is 220 g/mol. The zero-order valence-electron chi connectivity index (χ0n) is 11.9. The lowest BCUT2D eigenvalue weighted by Crippen LogP contribution is -2.33. The normalized spacial score (nSPS) is 20.3. The molecule has 2 rings (SSSR count). The van der Waals surface area contributed by atoms with Crippen LogP contribution in [-0.2, 0) is 0 Å². The Morgan fingerprint density at radius 1 is 1.28 bits per heavy atom. The van der Waals surface area contributed by atoms with Gasteiger partial charge >= 0.3 is 0 Å². The van der Waals surface area contributed by atoms with Crippen LogP contribution in [0.15, 0.2) is 24.3 Å².